The van der Waals surface area contributed by atoms with Crippen molar-refractivity contribution in [2.24, 2.45) is 0 Å². The Hall–Kier alpha value is -2.60. The largest absolute Gasteiger partial charge is 0.430 e. The molecule has 2 aromatic rings. The summed E-state index contributed by atoms with van der Waals surface area (Å²) in [6.45, 7) is 3.11. The van der Waals surface area contributed by atoms with E-state index in [0.717, 1.165) is 17.0 Å². The summed E-state index contributed by atoms with van der Waals surface area (Å²) in [5.41, 5.74) is -5.99. The lowest BCUT2D eigenvalue weighted by Crippen LogP contribution is -2.53. The Labute approximate surface area is 186 Å². The average molecular weight is 497 g/mol. The zero-order chi connectivity index (χ0) is 25.2. The van der Waals surface area contributed by atoms with Crippen LogP contribution < -0.4 is 4.90 Å². The Morgan fingerprint density at radius 2 is 1.36 bits per heavy atom. The number of hydrogen-bond acceptors (Lipinski definition) is 4. The quantitative estimate of drug-likeness (QED) is 0.576. The molecule has 0 radical (unpaired) electrons. The van der Waals surface area contributed by atoms with E-state index in [-0.39, 0.29) is 29.3 Å². The van der Waals surface area contributed by atoms with Crippen molar-refractivity contribution in [3.63, 3.8) is 0 Å². The second-order valence-electron chi connectivity index (χ2n) is 7.11. The van der Waals surface area contributed by atoms with Gasteiger partial charge in [0.1, 0.15) is 0 Å². The van der Waals surface area contributed by atoms with Gasteiger partial charge in [-0.2, -0.15) is 26.3 Å². The number of rotatable bonds is 7. The highest BCUT2D eigenvalue weighted by atomic mass is 32.2. The van der Waals surface area contributed by atoms with Crippen LogP contribution in [0.4, 0.5) is 32.0 Å². The molecular formula is C21H21F6NO4S. The molecule has 1 amide bonds. The van der Waals surface area contributed by atoms with Crippen LogP contribution in [-0.2, 0) is 26.7 Å². The van der Waals surface area contributed by atoms with Crippen molar-refractivity contribution in [2.75, 3.05) is 17.2 Å². The second kappa shape index (κ2) is 9.34. The molecule has 0 saturated heterocycles. The second-order valence-corrected chi connectivity index (χ2v) is 9.39. The number of amides is 1. The minimum Gasteiger partial charge on any atom is -0.369 e. The van der Waals surface area contributed by atoms with Crippen LogP contribution in [0.1, 0.15) is 25.0 Å². The average Bonchev–Trinajstić information content (AvgIpc) is 2.73. The van der Waals surface area contributed by atoms with Crippen molar-refractivity contribution in [3.05, 3.63) is 59.7 Å². The molecule has 33 heavy (non-hydrogen) atoms. The minimum atomic E-state index is -6.01. The lowest BCUT2D eigenvalue weighted by atomic mass is 9.92. The van der Waals surface area contributed by atoms with Gasteiger partial charge < -0.3 is 10.0 Å². The number of nitrogens with zero attached hydrogens (tertiary/aromatic N) is 1. The Morgan fingerprint density at radius 1 is 0.879 bits per heavy atom. The third-order valence-electron chi connectivity index (χ3n) is 5.05. The molecule has 5 nitrogen and oxygen atoms in total. The number of sulfone groups is 1. The topological polar surface area (TPSA) is 74.7 Å². The number of aliphatic hydroxyl groups is 1. The lowest BCUT2D eigenvalue weighted by Gasteiger charge is -2.33. The van der Waals surface area contributed by atoms with Crippen LogP contribution in [0.2, 0.25) is 0 Å². The smallest absolute Gasteiger partial charge is 0.369 e. The molecule has 182 valence electrons. The van der Waals surface area contributed by atoms with Gasteiger partial charge in [0, 0.05) is 17.8 Å². The van der Waals surface area contributed by atoms with Gasteiger partial charge >= 0.3 is 12.4 Å². The molecule has 0 bridgehead atoms. The number of anilines is 1. The molecule has 0 unspecified atom stereocenters. The van der Waals surface area contributed by atoms with E-state index in [2.05, 4.69) is 0 Å². The summed E-state index contributed by atoms with van der Waals surface area (Å²) in [6.07, 6.45) is -12.2. The number of hydrogen-bond donors (Lipinski definition) is 1. The normalized spacial score (nSPS) is 13.1. The van der Waals surface area contributed by atoms with Crippen LogP contribution >= 0.6 is 0 Å². The summed E-state index contributed by atoms with van der Waals surface area (Å²) >= 11 is 0. The number of benzene rings is 2. The molecule has 0 heterocycles. The monoisotopic (exact) mass is 497 g/mol. The van der Waals surface area contributed by atoms with Crippen molar-refractivity contribution in [1.29, 1.82) is 0 Å². The molecule has 2 rings (SSSR count). The van der Waals surface area contributed by atoms with E-state index in [1.54, 1.807) is 6.92 Å². The van der Waals surface area contributed by atoms with Gasteiger partial charge in [-0.25, -0.2) is 8.42 Å². The molecule has 12 heteroatoms. The Kier molecular flexibility index (Phi) is 7.54. The fourth-order valence-electron chi connectivity index (χ4n) is 3.12. The molecule has 0 aliphatic heterocycles. The fourth-order valence-corrected chi connectivity index (χ4v) is 4.01. The summed E-state index contributed by atoms with van der Waals surface area (Å²) in [6, 6.07) is 8.30. The first-order valence-corrected chi connectivity index (χ1v) is 11.3. The maximum atomic E-state index is 13.0. The lowest BCUT2D eigenvalue weighted by molar-refractivity contribution is -0.376. The zero-order valence-corrected chi connectivity index (χ0v) is 18.4. The number of alkyl halides is 6. The first kappa shape index (κ1) is 26.7. The predicted molar refractivity (Wildman–Crippen MR) is 108 cm³/mol. The van der Waals surface area contributed by atoms with Crippen molar-refractivity contribution in [3.8, 4) is 0 Å². The highest BCUT2D eigenvalue weighted by Crippen LogP contribution is 2.50. The molecule has 0 aromatic heterocycles. The van der Waals surface area contributed by atoms with Crippen LogP contribution in [0.3, 0.4) is 0 Å². The highest BCUT2D eigenvalue weighted by Gasteiger charge is 2.71. The molecule has 0 aliphatic rings. The van der Waals surface area contributed by atoms with Crippen molar-refractivity contribution in [1.82, 2.24) is 0 Å². The molecular weight excluding hydrogens is 476 g/mol. The number of carbonyl (C=O) groups excluding carboxylic acids is 1. The highest BCUT2D eigenvalue weighted by molar-refractivity contribution is 7.91. The predicted octanol–water partition coefficient (Wildman–Crippen LogP) is 4.39. The van der Waals surface area contributed by atoms with Gasteiger partial charge in [0.05, 0.1) is 17.1 Å². The molecule has 2 aromatic carbocycles. The van der Waals surface area contributed by atoms with Gasteiger partial charge in [-0.3, -0.25) is 4.79 Å². The summed E-state index contributed by atoms with van der Waals surface area (Å²) in [5, 5.41) is 9.47. The Balaban J connectivity index is 2.28. The Morgan fingerprint density at radius 3 is 1.76 bits per heavy atom. The van der Waals surface area contributed by atoms with Crippen LogP contribution in [0, 0.1) is 0 Å². The SMILES string of the molecule is CCN(C(=O)Cc1ccc(S(=O)(=O)CC)cc1)c1ccc(C(O)(C(F)(F)F)C(F)(F)F)cc1. The van der Waals surface area contributed by atoms with E-state index in [1.807, 2.05) is 0 Å². The van der Waals surface area contributed by atoms with E-state index in [1.165, 1.54) is 31.2 Å². The van der Waals surface area contributed by atoms with E-state index >= 15 is 0 Å². The van der Waals surface area contributed by atoms with E-state index < -0.39 is 39.3 Å². The summed E-state index contributed by atoms with van der Waals surface area (Å²) in [4.78, 5) is 13.9. The maximum absolute atomic E-state index is 13.0. The van der Waals surface area contributed by atoms with Crippen LogP contribution in [0.25, 0.3) is 0 Å². The molecule has 0 atom stereocenters. The van der Waals surface area contributed by atoms with Crippen LogP contribution in [0.5, 0.6) is 0 Å². The van der Waals surface area contributed by atoms with Gasteiger partial charge in [-0.05, 0) is 36.8 Å². The van der Waals surface area contributed by atoms with Gasteiger partial charge in [0.15, 0.2) is 9.84 Å². The fraction of sp³-hybridized carbons (Fsp3) is 0.381. The van der Waals surface area contributed by atoms with Crippen LogP contribution in [0.15, 0.2) is 53.4 Å². The number of likely N-dealkylation sites (N-methyl/N-ethyl adjacent to an activating group) is 1. The summed E-state index contributed by atoms with van der Waals surface area (Å²) in [7, 11) is -3.42. The van der Waals surface area contributed by atoms with Crippen LogP contribution in [-0.4, -0.2) is 44.1 Å². The standard InChI is InChI=1S/C21H21F6NO4S/c1-3-28(18(29)13-14-5-11-17(12-6-14)33(31,32)4-2)16-9-7-15(8-10-16)19(30,20(22,23)24)21(25,26)27/h5-12,30H,3-4,13H2,1-2H3. The molecule has 0 fully saturated rings. The zero-order valence-electron chi connectivity index (χ0n) is 17.5. The number of halogens is 6. The van der Waals surface area contributed by atoms with Crippen molar-refractivity contribution < 1.29 is 44.7 Å². The van der Waals surface area contributed by atoms with Crippen molar-refractivity contribution >= 4 is 21.4 Å². The van der Waals surface area contributed by atoms with Gasteiger partial charge in [-0.1, -0.05) is 31.2 Å². The maximum Gasteiger partial charge on any atom is 0.430 e. The molecule has 0 spiro atoms. The third kappa shape index (κ3) is 5.32. The van der Waals surface area contributed by atoms with E-state index in [0.29, 0.717) is 17.7 Å². The molecule has 1 N–H and O–H groups in total. The molecule has 0 aliphatic carbocycles. The van der Waals surface area contributed by atoms with Crippen molar-refractivity contribution in [2.45, 2.75) is 43.1 Å². The Bertz CT molecular complexity index is 1060. The first-order valence-electron chi connectivity index (χ1n) is 9.67. The van der Waals surface area contributed by atoms with E-state index in [4.69, 9.17) is 0 Å². The molecule has 0 saturated carbocycles. The summed E-state index contributed by atoms with van der Waals surface area (Å²) < 4.78 is 102. The van der Waals surface area contributed by atoms with Gasteiger partial charge in [0.2, 0.25) is 5.91 Å². The summed E-state index contributed by atoms with van der Waals surface area (Å²) in [5.74, 6) is -0.610. The number of carbonyl (C=O) groups is 1. The first-order chi connectivity index (χ1) is 15.1. The third-order valence-corrected chi connectivity index (χ3v) is 6.80. The minimum absolute atomic E-state index is 0.0307. The van der Waals surface area contributed by atoms with Gasteiger partial charge in [0.25, 0.3) is 5.60 Å². The van der Waals surface area contributed by atoms with Gasteiger partial charge in [-0.15, -0.1) is 0 Å². The van der Waals surface area contributed by atoms with E-state index in [9.17, 15) is 44.7 Å².